The first-order valence-electron chi connectivity index (χ1n) is 12.1. The molecule has 0 radical (unpaired) electrons. The summed E-state index contributed by atoms with van der Waals surface area (Å²) < 4.78 is 17.6. The van der Waals surface area contributed by atoms with Gasteiger partial charge in [-0.1, -0.05) is 38.0 Å². The Morgan fingerprint density at radius 2 is 1.57 bits per heavy atom. The number of unbranched alkanes of at least 4 members (excludes halogenated alkanes) is 2. The van der Waals surface area contributed by atoms with Crippen LogP contribution in [0.4, 0.5) is 0 Å². The number of para-hydroxylation sites is 1. The van der Waals surface area contributed by atoms with Crippen LogP contribution in [0.1, 0.15) is 39.0 Å². The van der Waals surface area contributed by atoms with E-state index in [1.54, 1.807) is 0 Å². The fourth-order valence-corrected chi connectivity index (χ4v) is 3.97. The number of carboxylic acids is 2. The van der Waals surface area contributed by atoms with E-state index < -0.39 is 11.9 Å². The maximum atomic E-state index is 9.10. The minimum Gasteiger partial charge on any atom is -0.494 e. The highest BCUT2D eigenvalue weighted by molar-refractivity contribution is 6.27. The molecule has 0 unspecified atom stereocenters. The number of carbonyl (C=O) groups is 2. The predicted molar refractivity (Wildman–Crippen MR) is 133 cm³/mol. The van der Waals surface area contributed by atoms with Crippen molar-refractivity contribution in [1.29, 1.82) is 0 Å². The van der Waals surface area contributed by atoms with Crippen LogP contribution in [0.25, 0.3) is 0 Å². The minimum atomic E-state index is -1.82. The Bertz CT molecular complexity index is 861. The first-order chi connectivity index (χ1) is 16.9. The van der Waals surface area contributed by atoms with E-state index in [9.17, 15) is 0 Å². The third kappa shape index (κ3) is 10.8. The van der Waals surface area contributed by atoms with E-state index in [0.717, 1.165) is 36.8 Å². The first kappa shape index (κ1) is 28.1. The Morgan fingerprint density at radius 1 is 0.943 bits per heavy atom. The molecule has 0 amide bonds. The van der Waals surface area contributed by atoms with Crippen LogP contribution in [0.2, 0.25) is 0 Å². The molecule has 35 heavy (non-hydrogen) atoms. The highest BCUT2D eigenvalue weighted by Crippen LogP contribution is 2.26. The number of rotatable bonds is 11. The average molecular weight is 488 g/mol. The second kappa shape index (κ2) is 15.7. The molecule has 2 atom stereocenters. The summed E-state index contributed by atoms with van der Waals surface area (Å²) in [6, 6.07) is 17.7. The van der Waals surface area contributed by atoms with Crippen molar-refractivity contribution in [2.24, 2.45) is 5.92 Å². The Morgan fingerprint density at radius 3 is 2.17 bits per heavy atom. The summed E-state index contributed by atoms with van der Waals surface area (Å²) in [5.74, 6) is -0.532. The predicted octanol–water partition coefficient (Wildman–Crippen LogP) is 4.93. The van der Waals surface area contributed by atoms with Crippen molar-refractivity contribution < 1.29 is 34.0 Å². The zero-order chi connectivity index (χ0) is 25.5. The van der Waals surface area contributed by atoms with Crippen LogP contribution >= 0.6 is 0 Å². The Labute approximate surface area is 207 Å². The summed E-state index contributed by atoms with van der Waals surface area (Å²) in [4.78, 5) is 20.8. The number of hydrogen-bond acceptors (Lipinski definition) is 6. The van der Waals surface area contributed by atoms with Crippen LogP contribution < -0.4 is 9.47 Å². The smallest absolute Gasteiger partial charge is 0.414 e. The van der Waals surface area contributed by atoms with Crippen LogP contribution in [0.5, 0.6) is 17.2 Å². The summed E-state index contributed by atoms with van der Waals surface area (Å²) >= 11 is 0. The molecule has 8 nitrogen and oxygen atoms in total. The maximum Gasteiger partial charge on any atom is 0.414 e. The van der Waals surface area contributed by atoms with E-state index in [1.807, 2.05) is 61.7 Å². The van der Waals surface area contributed by atoms with Gasteiger partial charge in [0.15, 0.2) is 0 Å². The molecule has 3 rings (SSSR count). The van der Waals surface area contributed by atoms with Gasteiger partial charge < -0.3 is 29.3 Å². The molecule has 1 fully saturated rings. The number of carboxylic acid groups (broad SMARTS) is 2. The first-order valence-corrected chi connectivity index (χ1v) is 12.1. The number of aliphatic carboxylic acids is 2. The molecule has 0 bridgehead atoms. The number of likely N-dealkylation sites (tertiary alicyclic amines) is 1. The summed E-state index contributed by atoms with van der Waals surface area (Å²) in [5.41, 5.74) is 0. The molecule has 1 aliphatic rings. The summed E-state index contributed by atoms with van der Waals surface area (Å²) in [7, 11) is 1.85. The Hall–Kier alpha value is -3.10. The summed E-state index contributed by atoms with van der Waals surface area (Å²) in [5, 5.41) is 14.8. The van der Waals surface area contributed by atoms with Crippen LogP contribution in [0, 0.1) is 5.92 Å². The van der Waals surface area contributed by atoms with Gasteiger partial charge in [0.05, 0.1) is 12.7 Å². The molecule has 1 heterocycles. The molecule has 2 N–H and O–H groups in total. The van der Waals surface area contributed by atoms with Gasteiger partial charge in [0.1, 0.15) is 17.2 Å². The molecule has 2 aromatic carbocycles. The molecular formula is C27H37NO7. The fraction of sp³-hybridized carbons (Fsp3) is 0.481. The molecule has 0 spiro atoms. The van der Waals surface area contributed by atoms with Gasteiger partial charge in [0.25, 0.3) is 0 Å². The van der Waals surface area contributed by atoms with Gasteiger partial charge >= 0.3 is 11.9 Å². The van der Waals surface area contributed by atoms with Crippen LogP contribution in [0.15, 0.2) is 54.6 Å². The number of benzene rings is 2. The lowest BCUT2D eigenvalue weighted by Gasteiger charge is -2.37. The van der Waals surface area contributed by atoms with E-state index in [0.29, 0.717) is 12.0 Å². The third-order valence-corrected chi connectivity index (χ3v) is 5.90. The van der Waals surface area contributed by atoms with Gasteiger partial charge in [-0.25, -0.2) is 9.59 Å². The van der Waals surface area contributed by atoms with Crippen molar-refractivity contribution in [3.05, 3.63) is 54.6 Å². The van der Waals surface area contributed by atoms with Crippen molar-refractivity contribution in [2.75, 3.05) is 33.4 Å². The molecule has 0 saturated carbocycles. The molecule has 1 saturated heterocycles. The molecule has 8 heteroatoms. The summed E-state index contributed by atoms with van der Waals surface area (Å²) in [6.45, 7) is 6.41. The summed E-state index contributed by atoms with van der Waals surface area (Å²) in [6.07, 6.45) is 6.43. The second-order valence-electron chi connectivity index (χ2n) is 8.46. The minimum absolute atomic E-state index is 0.315. The van der Waals surface area contributed by atoms with Crippen molar-refractivity contribution in [2.45, 2.75) is 45.1 Å². The van der Waals surface area contributed by atoms with E-state index >= 15 is 0 Å². The van der Waals surface area contributed by atoms with Gasteiger partial charge in [0.2, 0.25) is 0 Å². The zero-order valence-corrected chi connectivity index (χ0v) is 20.6. The standard InChI is InChI=1S/C25H35NO3.C2H2O4/c1-3-4-8-17-26-18-15-21(25(20-26)27-2)16-19-28-22-11-13-24(14-12-22)29-23-9-6-5-7-10-23;3-1(4)2(5)6/h5-7,9-14,21,25H,3-4,8,15-20H2,1-2H3;(H,3,4)(H,5,6)/t21-,25+;/m1./s1. The molecular weight excluding hydrogens is 450 g/mol. The van der Waals surface area contributed by atoms with Gasteiger partial charge in [-0.05, 0) is 74.7 Å². The molecule has 0 aromatic heterocycles. The third-order valence-electron chi connectivity index (χ3n) is 5.90. The monoisotopic (exact) mass is 487 g/mol. The van der Waals surface area contributed by atoms with Gasteiger partial charge in [-0.15, -0.1) is 0 Å². The molecule has 1 aliphatic heterocycles. The highest BCUT2D eigenvalue weighted by atomic mass is 16.5. The Kier molecular flexibility index (Phi) is 12.7. The highest BCUT2D eigenvalue weighted by Gasteiger charge is 2.28. The fourth-order valence-electron chi connectivity index (χ4n) is 3.97. The van der Waals surface area contributed by atoms with Crippen molar-refractivity contribution in [3.63, 3.8) is 0 Å². The zero-order valence-electron chi connectivity index (χ0n) is 20.6. The Balaban J connectivity index is 0.000000641. The normalized spacial score (nSPS) is 17.7. The molecule has 192 valence electrons. The lowest BCUT2D eigenvalue weighted by atomic mass is 9.91. The number of methoxy groups -OCH3 is 1. The van der Waals surface area contributed by atoms with Crippen molar-refractivity contribution >= 4 is 11.9 Å². The largest absolute Gasteiger partial charge is 0.494 e. The van der Waals surface area contributed by atoms with Crippen LogP contribution in [-0.2, 0) is 14.3 Å². The molecule has 2 aromatic rings. The van der Waals surface area contributed by atoms with Crippen LogP contribution in [-0.4, -0.2) is 66.5 Å². The number of piperidine rings is 1. The average Bonchev–Trinajstić information content (AvgIpc) is 2.87. The second-order valence-corrected chi connectivity index (χ2v) is 8.46. The van der Waals surface area contributed by atoms with Gasteiger partial charge in [0, 0.05) is 13.7 Å². The lowest BCUT2D eigenvalue weighted by molar-refractivity contribution is -0.159. The number of hydrogen-bond donors (Lipinski definition) is 2. The maximum absolute atomic E-state index is 9.10. The number of ether oxygens (including phenoxy) is 3. The van der Waals surface area contributed by atoms with Crippen LogP contribution in [0.3, 0.4) is 0 Å². The SMILES string of the molecule is CCCCCN1CC[C@H](CCOc2ccc(Oc3ccccc3)cc2)[C@@H](OC)C1.O=C(O)C(=O)O. The lowest BCUT2D eigenvalue weighted by Crippen LogP contribution is -2.45. The van der Waals surface area contributed by atoms with Gasteiger partial charge in [-0.3, -0.25) is 0 Å². The molecule has 0 aliphatic carbocycles. The van der Waals surface area contributed by atoms with E-state index in [4.69, 9.17) is 34.0 Å². The van der Waals surface area contributed by atoms with Crippen molar-refractivity contribution in [3.8, 4) is 17.2 Å². The van der Waals surface area contributed by atoms with E-state index in [-0.39, 0.29) is 0 Å². The quantitative estimate of drug-likeness (QED) is 0.340. The van der Waals surface area contributed by atoms with E-state index in [1.165, 1.54) is 38.8 Å². The number of nitrogens with zero attached hydrogens (tertiary/aromatic N) is 1. The van der Waals surface area contributed by atoms with Gasteiger partial charge in [-0.2, -0.15) is 0 Å². The topological polar surface area (TPSA) is 106 Å². The van der Waals surface area contributed by atoms with Crippen molar-refractivity contribution in [1.82, 2.24) is 4.90 Å². The van der Waals surface area contributed by atoms with E-state index in [2.05, 4.69) is 11.8 Å².